The third-order valence-corrected chi connectivity index (χ3v) is 6.51. The minimum absolute atomic E-state index is 0.0434. The number of imide groups is 1. The summed E-state index contributed by atoms with van der Waals surface area (Å²) < 4.78 is 22.9. The highest BCUT2D eigenvalue weighted by Crippen LogP contribution is 2.36. The molecule has 12 nitrogen and oxygen atoms in total. The molecule has 1 saturated heterocycles. The molecule has 5 rings (SSSR count). The molecule has 3 aromatic rings. The average molecular weight is 678 g/mol. The van der Waals surface area contributed by atoms with E-state index in [0.717, 1.165) is 18.1 Å². The summed E-state index contributed by atoms with van der Waals surface area (Å²) in [6.07, 6.45) is 1.13. The molecule has 0 aromatic heterocycles. The Hall–Kier alpha value is -5.52. The lowest BCUT2D eigenvalue weighted by molar-refractivity contribution is -0.138. The fourth-order valence-corrected chi connectivity index (χ4v) is 4.05. The van der Waals surface area contributed by atoms with Gasteiger partial charge in [-0.3, -0.25) is 29.3 Å². The zero-order chi connectivity index (χ0) is 36.7. The number of hydrogen-bond acceptors (Lipinski definition) is 10. The van der Waals surface area contributed by atoms with Crippen molar-refractivity contribution in [1.82, 2.24) is 5.32 Å². The Bertz CT molecular complexity index is 1640. The first-order valence-electron chi connectivity index (χ1n) is 15.9. The van der Waals surface area contributed by atoms with Crippen LogP contribution in [0.2, 0.25) is 0 Å². The standard InChI is InChI=1S/C29H28O7.C4H5NO2.C2H4O2.C2H6/c1-17(2)27(30)34-22-11-9-20-13-19-7-5-6-8-24(19)29(32)33-16-21-10-12-23(35-28(31)18(3)4)15-26(21)36-25(20)14-22;6-3-1-2-4(7)5-3;1-2(3)4;1-2/h5-12,14-15,17-18H,13,16H2,1-4H3;1-2H2,(H,5,6,7);1H3,(H,3,4);1-2H3. The van der Waals surface area contributed by atoms with Gasteiger partial charge in [0.25, 0.3) is 5.97 Å². The van der Waals surface area contributed by atoms with Gasteiger partial charge in [0.1, 0.15) is 29.6 Å². The lowest BCUT2D eigenvalue weighted by Crippen LogP contribution is -2.18. The van der Waals surface area contributed by atoms with E-state index in [4.69, 9.17) is 28.8 Å². The summed E-state index contributed by atoms with van der Waals surface area (Å²) in [5, 5.41) is 9.56. The summed E-state index contributed by atoms with van der Waals surface area (Å²) in [7, 11) is 0. The predicted molar refractivity (Wildman–Crippen MR) is 179 cm³/mol. The van der Waals surface area contributed by atoms with Crippen LogP contribution in [0.5, 0.6) is 23.0 Å². The Labute approximate surface area is 285 Å². The van der Waals surface area contributed by atoms with Gasteiger partial charge < -0.3 is 24.1 Å². The van der Waals surface area contributed by atoms with Gasteiger partial charge in [-0.1, -0.05) is 65.8 Å². The van der Waals surface area contributed by atoms with Gasteiger partial charge in [0.2, 0.25) is 11.8 Å². The minimum atomic E-state index is -0.833. The minimum Gasteiger partial charge on any atom is -0.481 e. The van der Waals surface area contributed by atoms with Crippen molar-refractivity contribution in [2.45, 2.75) is 74.3 Å². The fourth-order valence-electron chi connectivity index (χ4n) is 4.05. The number of aliphatic carboxylic acids is 1. The number of carboxylic acid groups (broad SMARTS) is 1. The molecule has 0 spiro atoms. The second-order valence-corrected chi connectivity index (χ2v) is 11.2. The summed E-state index contributed by atoms with van der Waals surface area (Å²) in [6.45, 7) is 12.0. The molecule has 49 heavy (non-hydrogen) atoms. The zero-order valence-electron chi connectivity index (χ0n) is 28.8. The maximum absolute atomic E-state index is 12.9. The van der Waals surface area contributed by atoms with Gasteiger partial charge in [0.15, 0.2) is 0 Å². The maximum atomic E-state index is 12.9. The van der Waals surface area contributed by atoms with Gasteiger partial charge >= 0.3 is 17.9 Å². The highest BCUT2D eigenvalue weighted by molar-refractivity contribution is 6.01. The van der Waals surface area contributed by atoms with Crippen LogP contribution in [0.15, 0.2) is 60.7 Å². The molecule has 0 saturated carbocycles. The van der Waals surface area contributed by atoms with E-state index in [9.17, 15) is 24.0 Å². The van der Waals surface area contributed by atoms with Crippen molar-refractivity contribution in [1.29, 1.82) is 0 Å². The molecule has 262 valence electrons. The molecule has 3 aromatic carbocycles. The van der Waals surface area contributed by atoms with Gasteiger partial charge in [-0.2, -0.15) is 0 Å². The second kappa shape index (κ2) is 19.3. The van der Waals surface area contributed by atoms with E-state index in [2.05, 4.69) is 5.32 Å². The quantitative estimate of drug-likeness (QED) is 0.178. The highest BCUT2D eigenvalue weighted by atomic mass is 16.5. The molecule has 2 N–H and O–H groups in total. The molecule has 2 heterocycles. The molecule has 0 unspecified atom stereocenters. The monoisotopic (exact) mass is 677 g/mol. The molecule has 12 heteroatoms. The van der Waals surface area contributed by atoms with Gasteiger partial charge in [0, 0.05) is 43.9 Å². The third-order valence-electron chi connectivity index (χ3n) is 6.51. The molecule has 2 aliphatic rings. The topological polar surface area (TPSA) is 172 Å². The Kier molecular flexibility index (Phi) is 15.7. The predicted octanol–water partition coefficient (Wildman–Crippen LogP) is 6.40. The number of carbonyl (C=O) groups is 6. The summed E-state index contributed by atoms with van der Waals surface area (Å²) in [5.74, 6) is -1.46. The number of carboxylic acids is 1. The lowest BCUT2D eigenvalue weighted by atomic mass is 9.99. The van der Waals surface area contributed by atoms with Crippen LogP contribution < -0.4 is 19.5 Å². The van der Waals surface area contributed by atoms with Crippen molar-refractivity contribution in [2.75, 3.05) is 0 Å². The number of benzene rings is 3. The molecular formula is C37H43NO11. The van der Waals surface area contributed by atoms with Crippen LogP contribution in [0, 0.1) is 11.8 Å². The van der Waals surface area contributed by atoms with Crippen LogP contribution in [0.25, 0.3) is 0 Å². The van der Waals surface area contributed by atoms with Crippen LogP contribution in [0.4, 0.5) is 0 Å². The summed E-state index contributed by atoms with van der Waals surface area (Å²) in [5.41, 5.74) is 2.60. The number of esters is 3. The van der Waals surface area contributed by atoms with Crippen LogP contribution in [0.3, 0.4) is 0 Å². The van der Waals surface area contributed by atoms with Crippen LogP contribution >= 0.6 is 0 Å². The number of ether oxygens (including phenoxy) is 4. The van der Waals surface area contributed by atoms with Gasteiger partial charge in [-0.05, 0) is 35.4 Å². The van der Waals surface area contributed by atoms with Crippen LogP contribution in [0.1, 0.15) is 88.4 Å². The summed E-state index contributed by atoms with van der Waals surface area (Å²) in [6, 6.07) is 17.3. The summed E-state index contributed by atoms with van der Waals surface area (Å²) in [4.78, 5) is 66.5. The molecule has 0 aliphatic carbocycles. The average Bonchev–Trinajstić information content (AvgIpc) is 3.43. The van der Waals surface area contributed by atoms with E-state index in [0.29, 0.717) is 53.4 Å². The van der Waals surface area contributed by atoms with E-state index >= 15 is 0 Å². The number of nitrogens with one attached hydrogen (secondary N) is 1. The largest absolute Gasteiger partial charge is 0.481 e. The fraction of sp³-hybridized carbons (Fsp3) is 0.351. The van der Waals surface area contributed by atoms with Crippen molar-refractivity contribution in [3.63, 3.8) is 0 Å². The van der Waals surface area contributed by atoms with Gasteiger partial charge in [-0.15, -0.1) is 0 Å². The zero-order valence-corrected chi connectivity index (χ0v) is 28.8. The van der Waals surface area contributed by atoms with Crippen molar-refractivity contribution in [2.24, 2.45) is 11.8 Å². The van der Waals surface area contributed by atoms with Gasteiger partial charge in [0.05, 0.1) is 17.4 Å². The van der Waals surface area contributed by atoms with E-state index in [1.54, 1.807) is 76.2 Å². The number of amides is 2. The first kappa shape index (κ1) is 39.7. The number of carbonyl (C=O) groups excluding carboxylic acids is 5. The van der Waals surface area contributed by atoms with Crippen molar-refractivity contribution in [3.05, 3.63) is 82.9 Å². The summed E-state index contributed by atoms with van der Waals surface area (Å²) >= 11 is 0. The molecule has 0 radical (unpaired) electrons. The first-order valence-corrected chi connectivity index (χ1v) is 15.9. The maximum Gasteiger partial charge on any atom is 0.338 e. The van der Waals surface area contributed by atoms with Crippen molar-refractivity contribution < 1.29 is 52.8 Å². The van der Waals surface area contributed by atoms with E-state index in [-0.39, 0.29) is 42.2 Å². The number of rotatable bonds is 4. The van der Waals surface area contributed by atoms with E-state index in [1.165, 1.54) is 0 Å². The number of hydrogen-bond donors (Lipinski definition) is 2. The van der Waals surface area contributed by atoms with Crippen LogP contribution in [-0.2, 0) is 41.7 Å². The lowest BCUT2D eigenvalue weighted by Gasteiger charge is -2.16. The normalized spacial score (nSPS) is 13.0. The number of cyclic esters (lactones) is 1. The Morgan fingerprint density at radius 1 is 0.735 bits per heavy atom. The molecule has 0 atom stereocenters. The Balaban J connectivity index is 0.000000542. The van der Waals surface area contributed by atoms with E-state index < -0.39 is 11.9 Å². The number of fused-ring (bicyclic) bond motifs is 3. The Morgan fingerprint density at radius 3 is 1.67 bits per heavy atom. The third kappa shape index (κ3) is 12.9. The van der Waals surface area contributed by atoms with E-state index in [1.807, 2.05) is 26.0 Å². The molecule has 1 fully saturated rings. The molecule has 0 bridgehead atoms. The molecule has 2 amide bonds. The molecular weight excluding hydrogens is 634 g/mol. The SMILES string of the molecule is CC.CC(=O)O.CC(C)C(=O)Oc1ccc2c(c1)Oc1cc(OC(=O)C(C)C)ccc1Cc1ccccc1C(=O)OC2.O=C1CCC(=O)N1. The molecule has 2 aliphatic heterocycles. The first-order chi connectivity index (χ1) is 23.2. The van der Waals surface area contributed by atoms with Crippen molar-refractivity contribution in [3.8, 4) is 23.0 Å². The van der Waals surface area contributed by atoms with Gasteiger partial charge in [-0.25, -0.2) is 4.79 Å². The smallest absolute Gasteiger partial charge is 0.338 e. The van der Waals surface area contributed by atoms with Crippen LogP contribution in [-0.4, -0.2) is 40.8 Å². The second-order valence-electron chi connectivity index (χ2n) is 11.2. The Morgan fingerprint density at radius 2 is 1.20 bits per heavy atom. The van der Waals surface area contributed by atoms with Crippen molar-refractivity contribution >= 4 is 35.7 Å². The highest BCUT2D eigenvalue weighted by Gasteiger charge is 2.21.